The van der Waals surface area contributed by atoms with Gasteiger partial charge in [-0.1, -0.05) is 0 Å². The largest absolute Gasteiger partial charge is 0.508 e. The lowest BCUT2D eigenvalue weighted by molar-refractivity contribution is 0.0953. The fraction of sp³-hybridized carbons (Fsp3) is 0.385. The Kier molecular flexibility index (Phi) is 5.17. The number of benzene rings is 1. The molecule has 0 saturated carbocycles. The molecule has 0 spiro atoms. The second-order valence-electron chi connectivity index (χ2n) is 4.38. The summed E-state index contributed by atoms with van der Waals surface area (Å²) in [6, 6.07) is 4.45. The summed E-state index contributed by atoms with van der Waals surface area (Å²) in [4.78, 5) is 24.4. The summed E-state index contributed by atoms with van der Waals surface area (Å²) in [5.41, 5.74) is 1.13. The van der Waals surface area contributed by atoms with Crippen molar-refractivity contribution in [1.82, 2.24) is 15.5 Å². The fourth-order valence-corrected chi connectivity index (χ4v) is 1.40. The Morgan fingerprint density at radius 3 is 2.42 bits per heavy atom. The summed E-state index contributed by atoms with van der Waals surface area (Å²) in [7, 11) is 3.29. The first-order valence-corrected chi connectivity index (χ1v) is 5.95. The van der Waals surface area contributed by atoms with E-state index >= 15 is 0 Å². The first-order valence-electron chi connectivity index (χ1n) is 5.95. The van der Waals surface area contributed by atoms with Crippen molar-refractivity contribution in [3.05, 3.63) is 29.3 Å². The molecule has 0 aliphatic carbocycles. The van der Waals surface area contributed by atoms with Crippen molar-refractivity contribution in [3.63, 3.8) is 0 Å². The zero-order valence-corrected chi connectivity index (χ0v) is 11.4. The standard InChI is InChI=1S/C13H19N3O3/c1-9-8-10(4-5-11(9)17)12(18)14-6-7-15-13(19)16(2)3/h4-5,8,17H,6-7H2,1-3H3,(H,14,18)(H,15,19). The molecule has 0 saturated heterocycles. The van der Waals surface area contributed by atoms with E-state index < -0.39 is 0 Å². The van der Waals surface area contributed by atoms with Gasteiger partial charge in [-0.2, -0.15) is 0 Å². The number of hydrogen-bond acceptors (Lipinski definition) is 3. The van der Waals surface area contributed by atoms with Gasteiger partial charge >= 0.3 is 6.03 Å². The predicted octanol–water partition coefficient (Wildman–Crippen LogP) is 0.702. The molecule has 1 aromatic rings. The molecule has 3 amide bonds. The minimum atomic E-state index is -0.234. The Hall–Kier alpha value is -2.24. The third kappa shape index (κ3) is 4.50. The highest BCUT2D eigenvalue weighted by Gasteiger charge is 2.07. The summed E-state index contributed by atoms with van der Waals surface area (Å²) in [6.45, 7) is 2.43. The monoisotopic (exact) mass is 265 g/mol. The molecular weight excluding hydrogens is 246 g/mol. The van der Waals surface area contributed by atoms with Crippen molar-refractivity contribution in [2.75, 3.05) is 27.2 Å². The number of aryl methyl sites for hydroxylation is 1. The molecule has 1 rings (SSSR count). The molecule has 6 heteroatoms. The number of aromatic hydroxyl groups is 1. The smallest absolute Gasteiger partial charge is 0.316 e. The molecule has 0 aliphatic rings. The molecule has 19 heavy (non-hydrogen) atoms. The van der Waals surface area contributed by atoms with Crippen molar-refractivity contribution in [2.45, 2.75) is 6.92 Å². The van der Waals surface area contributed by atoms with E-state index in [1.165, 1.54) is 11.0 Å². The van der Waals surface area contributed by atoms with Crippen LogP contribution in [-0.4, -0.2) is 49.1 Å². The number of phenols is 1. The highest BCUT2D eigenvalue weighted by molar-refractivity contribution is 5.94. The molecule has 3 N–H and O–H groups in total. The van der Waals surface area contributed by atoms with Crippen LogP contribution in [0.25, 0.3) is 0 Å². The summed E-state index contributed by atoms with van der Waals surface area (Å²) < 4.78 is 0. The number of nitrogens with zero attached hydrogens (tertiary/aromatic N) is 1. The molecule has 0 heterocycles. The van der Waals surface area contributed by atoms with Crippen molar-refractivity contribution in [3.8, 4) is 5.75 Å². The lowest BCUT2D eigenvalue weighted by Gasteiger charge is -2.12. The maximum Gasteiger partial charge on any atom is 0.316 e. The number of carbonyl (C=O) groups excluding carboxylic acids is 2. The second-order valence-corrected chi connectivity index (χ2v) is 4.38. The van der Waals surface area contributed by atoms with Crippen LogP contribution in [-0.2, 0) is 0 Å². The van der Waals surface area contributed by atoms with E-state index in [4.69, 9.17) is 0 Å². The van der Waals surface area contributed by atoms with Crippen LogP contribution in [0.3, 0.4) is 0 Å². The summed E-state index contributed by atoms with van der Waals surface area (Å²) in [5.74, 6) is -0.0722. The lowest BCUT2D eigenvalue weighted by Crippen LogP contribution is -2.39. The fourth-order valence-electron chi connectivity index (χ4n) is 1.40. The third-order valence-corrected chi connectivity index (χ3v) is 2.55. The molecule has 0 atom stereocenters. The van der Waals surface area contributed by atoms with Gasteiger partial charge in [0.25, 0.3) is 5.91 Å². The van der Waals surface area contributed by atoms with Gasteiger partial charge in [-0.25, -0.2) is 4.79 Å². The highest BCUT2D eigenvalue weighted by atomic mass is 16.3. The summed E-state index contributed by atoms with van der Waals surface area (Å²) >= 11 is 0. The summed E-state index contributed by atoms with van der Waals surface area (Å²) in [5, 5.41) is 14.7. The average molecular weight is 265 g/mol. The van der Waals surface area contributed by atoms with Gasteiger partial charge < -0.3 is 20.6 Å². The van der Waals surface area contributed by atoms with Gasteiger partial charge in [0.05, 0.1) is 0 Å². The van der Waals surface area contributed by atoms with Crippen molar-refractivity contribution >= 4 is 11.9 Å². The van der Waals surface area contributed by atoms with Crippen LogP contribution in [0.4, 0.5) is 4.79 Å². The van der Waals surface area contributed by atoms with Gasteiger partial charge in [0.1, 0.15) is 5.75 Å². The second kappa shape index (κ2) is 6.63. The number of carbonyl (C=O) groups is 2. The van der Waals surface area contributed by atoms with Crippen molar-refractivity contribution < 1.29 is 14.7 Å². The zero-order valence-electron chi connectivity index (χ0n) is 11.4. The van der Waals surface area contributed by atoms with Crippen molar-refractivity contribution in [1.29, 1.82) is 0 Å². The molecule has 104 valence electrons. The maximum atomic E-state index is 11.8. The molecule has 0 unspecified atom stereocenters. The quantitative estimate of drug-likeness (QED) is 0.701. The number of amides is 3. The van der Waals surface area contributed by atoms with Crippen LogP contribution < -0.4 is 10.6 Å². The van der Waals surface area contributed by atoms with Crippen LogP contribution in [0.15, 0.2) is 18.2 Å². The molecule has 0 bridgehead atoms. The van der Waals surface area contributed by atoms with E-state index in [1.807, 2.05) is 0 Å². The molecular formula is C13H19N3O3. The molecule has 6 nitrogen and oxygen atoms in total. The molecule has 0 fully saturated rings. The summed E-state index contributed by atoms with van der Waals surface area (Å²) in [6.07, 6.45) is 0. The molecule has 0 aliphatic heterocycles. The van der Waals surface area contributed by atoms with Gasteiger partial charge in [-0.05, 0) is 30.7 Å². The average Bonchev–Trinajstić information content (AvgIpc) is 2.37. The topological polar surface area (TPSA) is 81.7 Å². The minimum Gasteiger partial charge on any atom is -0.508 e. The molecule has 1 aromatic carbocycles. The lowest BCUT2D eigenvalue weighted by atomic mass is 10.1. The van der Waals surface area contributed by atoms with E-state index in [0.29, 0.717) is 24.2 Å². The minimum absolute atomic E-state index is 0.162. The Morgan fingerprint density at radius 2 is 1.84 bits per heavy atom. The van der Waals surface area contributed by atoms with Gasteiger partial charge in [-0.3, -0.25) is 4.79 Å². The third-order valence-electron chi connectivity index (χ3n) is 2.55. The van der Waals surface area contributed by atoms with Crippen LogP contribution in [0.1, 0.15) is 15.9 Å². The Labute approximate surface area is 112 Å². The Balaban J connectivity index is 2.39. The van der Waals surface area contributed by atoms with E-state index in [9.17, 15) is 14.7 Å². The number of phenolic OH excluding ortho intramolecular Hbond substituents is 1. The van der Waals surface area contributed by atoms with Crippen LogP contribution in [0.2, 0.25) is 0 Å². The molecule has 0 aromatic heterocycles. The first-order chi connectivity index (χ1) is 8.91. The van der Waals surface area contributed by atoms with Crippen LogP contribution >= 0.6 is 0 Å². The van der Waals surface area contributed by atoms with E-state index in [2.05, 4.69) is 10.6 Å². The Bertz CT molecular complexity index is 472. The van der Waals surface area contributed by atoms with E-state index in [0.717, 1.165) is 0 Å². The van der Waals surface area contributed by atoms with Crippen molar-refractivity contribution in [2.24, 2.45) is 0 Å². The molecule has 0 radical (unpaired) electrons. The number of rotatable bonds is 4. The predicted molar refractivity (Wildman–Crippen MR) is 72.3 cm³/mol. The normalized spacial score (nSPS) is 9.84. The first kappa shape index (κ1) is 14.8. The maximum absolute atomic E-state index is 11.8. The number of urea groups is 1. The highest BCUT2D eigenvalue weighted by Crippen LogP contribution is 2.16. The van der Waals surface area contributed by atoms with E-state index in [-0.39, 0.29) is 17.7 Å². The van der Waals surface area contributed by atoms with Gasteiger partial charge in [0.2, 0.25) is 0 Å². The number of nitrogens with one attached hydrogen (secondary N) is 2. The van der Waals surface area contributed by atoms with Crippen LogP contribution in [0, 0.1) is 6.92 Å². The van der Waals surface area contributed by atoms with Gasteiger partial charge in [-0.15, -0.1) is 0 Å². The SMILES string of the molecule is Cc1cc(C(=O)NCCNC(=O)N(C)C)ccc1O. The van der Waals surface area contributed by atoms with E-state index in [1.54, 1.807) is 33.2 Å². The zero-order chi connectivity index (χ0) is 14.4. The number of hydrogen-bond donors (Lipinski definition) is 3. The van der Waals surface area contributed by atoms with Gasteiger partial charge in [0, 0.05) is 32.7 Å². The Morgan fingerprint density at radius 1 is 1.21 bits per heavy atom. The van der Waals surface area contributed by atoms with Crippen LogP contribution in [0.5, 0.6) is 5.75 Å². The van der Waals surface area contributed by atoms with Gasteiger partial charge in [0.15, 0.2) is 0 Å².